The van der Waals surface area contributed by atoms with Gasteiger partial charge < -0.3 is 9.84 Å². The Kier molecular flexibility index (Phi) is 3.59. The number of hydrogen-bond donors (Lipinski definition) is 1. The molecule has 1 unspecified atom stereocenters. The van der Waals surface area contributed by atoms with Gasteiger partial charge in [-0.1, -0.05) is 18.2 Å². The van der Waals surface area contributed by atoms with Crippen molar-refractivity contribution in [2.75, 3.05) is 7.11 Å². The van der Waals surface area contributed by atoms with E-state index in [0.29, 0.717) is 0 Å². The van der Waals surface area contributed by atoms with E-state index in [4.69, 9.17) is 4.74 Å². The highest BCUT2D eigenvalue weighted by molar-refractivity contribution is 5.88. The molecule has 3 nitrogen and oxygen atoms in total. The first-order valence-electron chi connectivity index (χ1n) is 6.89. The zero-order valence-electron chi connectivity index (χ0n) is 12.1. The molecule has 0 aliphatic carbocycles. The van der Waals surface area contributed by atoms with Gasteiger partial charge in [-0.2, -0.15) is 0 Å². The molecule has 3 aromatic rings. The average Bonchev–Trinajstić information content (AvgIpc) is 2.53. The molecule has 2 aromatic carbocycles. The Balaban J connectivity index is 2.14. The highest BCUT2D eigenvalue weighted by Gasteiger charge is 2.10. The fraction of sp³-hybridized carbons (Fsp3) is 0.167. The first kappa shape index (κ1) is 13.6. The fourth-order valence-corrected chi connectivity index (χ4v) is 2.53. The average molecular weight is 279 g/mol. The number of methoxy groups -OCH3 is 1. The van der Waals surface area contributed by atoms with Gasteiger partial charge in [0.2, 0.25) is 0 Å². The van der Waals surface area contributed by atoms with Crippen molar-refractivity contribution >= 4 is 10.8 Å². The van der Waals surface area contributed by atoms with Gasteiger partial charge in [0, 0.05) is 18.0 Å². The number of ether oxygens (including phenoxy) is 1. The molecule has 1 heterocycles. The van der Waals surface area contributed by atoms with Crippen LogP contribution in [0.5, 0.6) is 5.75 Å². The summed E-state index contributed by atoms with van der Waals surface area (Å²) < 4.78 is 5.24. The van der Waals surface area contributed by atoms with E-state index in [1.165, 1.54) is 0 Å². The Morgan fingerprint density at radius 3 is 2.57 bits per heavy atom. The highest BCUT2D eigenvalue weighted by Crippen LogP contribution is 2.30. The lowest BCUT2D eigenvalue weighted by molar-refractivity contribution is 0.200. The minimum atomic E-state index is -0.519. The Morgan fingerprint density at radius 2 is 1.81 bits per heavy atom. The van der Waals surface area contributed by atoms with E-state index >= 15 is 0 Å². The Morgan fingerprint density at radius 1 is 1.05 bits per heavy atom. The van der Waals surface area contributed by atoms with Crippen molar-refractivity contribution in [3.05, 3.63) is 60.4 Å². The molecule has 0 aliphatic heterocycles. The summed E-state index contributed by atoms with van der Waals surface area (Å²) >= 11 is 0. The van der Waals surface area contributed by atoms with Crippen molar-refractivity contribution in [2.24, 2.45) is 0 Å². The van der Waals surface area contributed by atoms with E-state index in [-0.39, 0.29) is 0 Å². The summed E-state index contributed by atoms with van der Waals surface area (Å²) in [6.07, 6.45) is 2.99. The summed E-state index contributed by atoms with van der Waals surface area (Å²) in [6, 6.07) is 14.1. The maximum absolute atomic E-state index is 9.90. The lowest BCUT2D eigenvalue weighted by atomic mass is 9.97. The number of nitrogens with zero attached hydrogens (tertiary/aromatic N) is 1. The van der Waals surface area contributed by atoms with Crippen LogP contribution in [0.25, 0.3) is 21.9 Å². The predicted molar refractivity (Wildman–Crippen MR) is 84.4 cm³/mol. The molecular weight excluding hydrogens is 262 g/mol. The second-order valence-corrected chi connectivity index (χ2v) is 5.07. The maximum Gasteiger partial charge on any atom is 0.119 e. The monoisotopic (exact) mass is 279 g/mol. The first-order valence-corrected chi connectivity index (χ1v) is 6.89. The van der Waals surface area contributed by atoms with Crippen LogP contribution >= 0.6 is 0 Å². The molecule has 0 amide bonds. The topological polar surface area (TPSA) is 42.4 Å². The number of rotatable bonds is 3. The minimum Gasteiger partial charge on any atom is -0.497 e. The summed E-state index contributed by atoms with van der Waals surface area (Å²) in [5, 5.41) is 12.2. The van der Waals surface area contributed by atoms with Gasteiger partial charge in [-0.3, -0.25) is 4.98 Å². The Hall–Kier alpha value is -2.39. The lowest BCUT2D eigenvalue weighted by Crippen LogP contribution is -1.95. The van der Waals surface area contributed by atoms with E-state index in [1.807, 2.05) is 30.3 Å². The third-order valence-electron chi connectivity index (χ3n) is 3.66. The van der Waals surface area contributed by atoms with Crippen LogP contribution in [0.2, 0.25) is 0 Å². The van der Waals surface area contributed by atoms with E-state index < -0.39 is 6.10 Å². The fourth-order valence-electron chi connectivity index (χ4n) is 2.53. The standard InChI is InChI=1S/C18H17NO2/c1-12(20)17-7-8-19-11-18(17)15-4-3-14-10-16(21-2)6-5-13(14)9-15/h3-12,20H,1-2H3. The summed E-state index contributed by atoms with van der Waals surface area (Å²) in [7, 11) is 1.67. The van der Waals surface area contributed by atoms with E-state index in [1.54, 1.807) is 26.4 Å². The number of aromatic nitrogens is 1. The minimum absolute atomic E-state index is 0.519. The van der Waals surface area contributed by atoms with Gasteiger partial charge in [0.1, 0.15) is 5.75 Å². The van der Waals surface area contributed by atoms with Crippen LogP contribution in [0.4, 0.5) is 0 Å². The van der Waals surface area contributed by atoms with Crippen LogP contribution in [-0.4, -0.2) is 17.2 Å². The van der Waals surface area contributed by atoms with Crippen molar-refractivity contribution in [1.82, 2.24) is 4.98 Å². The molecule has 0 fully saturated rings. The van der Waals surface area contributed by atoms with Crippen molar-refractivity contribution in [1.29, 1.82) is 0 Å². The molecule has 0 spiro atoms. The van der Waals surface area contributed by atoms with Gasteiger partial charge >= 0.3 is 0 Å². The number of pyridine rings is 1. The maximum atomic E-state index is 9.90. The summed E-state index contributed by atoms with van der Waals surface area (Å²) in [5.74, 6) is 0.848. The highest BCUT2D eigenvalue weighted by atomic mass is 16.5. The molecule has 0 aliphatic rings. The van der Waals surface area contributed by atoms with Crippen LogP contribution < -0.4 is 4.74 Å². The van der Waals surface area contributed by atoms with Crippen LogP contribution in [0.1, 0.15) is 18.6 Å². The third kappa shape index (κ3) is 2.60. The first-order chi connectivity index (χ1) is 10.2. The molecular formula is C18H17NO2. The second kappa shape index (κ2) is 5.54. The molecule has 0 saturated carbocycles. The third-order valence-corrected chi connectivity index (χ3v) is 3.66. The van der Waals surface area contributed by atoms with Crippen LogP contribution in [0, 0.1) is 0 Å². The van der Waals surface area contributed by atoms with Crippen molar-refractivity contribution in [3.63, 3.8) is 0 Å². The zero-order valence-corrected chi connectivity index (χ0v) is 12.1. The van der Waals surface area contributed by atoms with E-state index in [2.05, 4.69) is 17.1 Å². The molecule has 3 rings (SSSR count). The molecule has 1 aromatic heterocycles. The summed E-state index contributed by atoms with van der Waals surface area (Å²) in [4.78, 5) is 4.18. The van der Waals surface area contributed by atoms with Gasteiger partial charge in [0.05, 0.1) is 13.2 Å². The van der Waals surface area contributed by atoms with E-state index in [9.17, 15) is 5.11 Å². The van der Waals surface area contributed by atoms with Gasteiger partial charge in [0.15, 0.2) is 0 Å². The van der Waals surface area contributed by atoms with Crippen molar-refractivity contribution in [3.8, 4) is 16.9 Å². The predicted octanol–water partition coefficient (Wildman–Crippen LogP) is 3.96. The normalized spacial score (nSPS) is 12.3. The van der Waals surface area contributed by atoms with Crippen molar-refractivity contribution in [2.45, 2.75) is 13.0 Å². The van der Waals surface area contributed by atoms with Crippen LogP contribution in [0.15, 0.2) is 54.9 Å². The quantitative estimate of drug-likeness (QED) is 0.789. The van der Waals surface area contributed by atoms with Gasteiger partial charge in [-0.05, 0) is 53.1 Å². The SMILES string of the molecule is COc1ccc2cc(-c3cnccc3C(C)O)ccc2c1. The smallest absolute Gasteiger partial charge is 0.119 e. The van der Waals surface area contributed by atoms with Gasteiger partial charge in [0.25, 0.3) is 0 Å². The molecule has 0 bridgehead atoms. The number of fused-ring (bicyclic) bond motifs is 1. The van der Waals surface area contributed by atoms with Gasteiger partial charge in [-0.25, -0.2) is 0 Å². The largest absolute Gasteiger partial charge is 0.497 e. The molecule has 1 N–H and O–H groups in total. The molecule has 3 heteroatoms. The van der Waals surface area contributed by atoms with Gasteiger partial charge in [-0.15, -0.1) is 0 Å². The lowest BCUT2D eigenvalue weighted by Gasteiger charge is -2.12. The molecule has 0 saturated heterocycles. The number of hydrogen-bond acceptors (Lipinski definition) is 3. The summed E-state index contributed by atoms with van der Waals surface area (Å²) in [6.45, 7) is 1.77. The summed E-state index contributed by atoms with van der Waals surface area (Å²) in [5.41, 5.74) is 2.90. The van der Waals surface area contributed by atoms with Crippen LogP contribution in [-0.2, 0) is 0 Å². The zero-order chi connectivity index (χ0) is 14.8. The van der Waals surface area contributed by atoms with Crippen molar-refractivity contribution < 1.29 is 9.84 Å². The Labute approximate surface area is 123 Å². The second-order valence-electron chi connectivity index (χ2n) is 5.07. The molecule has 1 atom stereocenters. The molecule has 21 heavy (non-hydrogen) atoms. The Bertz CT molecular complexity index is 781. The van der Waals surface area contributed by atoms with E-state index in [0.717, 1.165) is 33.2 Å². The number of aliphatic hydroxyl groups excluding tert-OH is 1. The number of benzene rings is 2. The number of aliphatic hydroxyl groups is 1. The molecule has 0 radical (unpaired) electrons. The molecule has 106 valence electrons. The van der Waals surface area contributed by atoms with Crippen LogP contribution in [0.3, 0.4) is 0 Å².